The average Bonchev–Trinajstić information content (AvgIpc) is 2.53. The quantitative estimate of drug-likeness (QED) is 0.830. The summed E-state index contributed by atoms with van der Waals surface area (Å²) in [5.41, 5.74) is 3.36. The van der Waals surface area contributed by atoms with Gasteiger partial charge in [0.05, 0.1) is 5.69 Å². The second kappa shape index (κ2) is 7.58. The van der Waals surface area contributed by atoms with Crippen molar-refractivity contribution < 1.29 is 9.59 Å². The standard InChI is InChI=1S/C19H22N2O2/c1-14(22)17-6-4-5-7-18(17)20-19(23)13-10-15-8-11-16(12-9-15)21(2)3/h4-9,11-12H,10,13H2,1-3H3,(H,20,23). The number of amides is 1. The summed E-state index contributed by atoms with van der Waals surface area (Å²) in [6.45, 7) is 1.50. The maximum atomic E-state index is 12.1. The normalized spacial score (nSPS) is 10.2. The van der Waals surface area contributed by atoms with E-state index < -0.39 is 0 Å². The number of carbonyl (C=O) groups is 2. The Kier molecular flexibility index (Phi) is 5.52. The van der Waals surface area contributed by atoms with Crippen LogP contribution in [0.1, 0.15) is 29.3 Å². The number of nitrogens with zero attached hydrogens (tertiary/aromatic N) is 1. The lowest BCUT2D eigenvalue weighted by molar-refractivity contribution is -0.116. The molecule has 2 aromatic carbocycles. The van der Waals surface area contributed by atoms with Gasteiger partial charge in [-0.3, -0.25) is 9.59 Å². The van der Waals surface area contributed by atoms with E-state index in [2.05, 4.69) is 5.32 Å². The predicted octanol–water partition coefficient (Wildman–Crippen LogP) is 3.53. The summed E-state index contributed by atoms with van der Waals surface area (Å²) < 4.78 is 0. The number of aryl methyl sites for hydroxylation is 1. The number of hydrogen-bond donors (Lipinski definition) is 1. The van der Waals surface area contributed by atoms with Crippen molar-refractivity contribution >= 4 is 23.1 Å². The van der Waals surface area contributed by atoms with Crippen molar-refractivity contribution in [1.82, 2.24) is 0 Å². The molecule has 2 aromatic rings. The van der Waals surface area contributed by atoms with Gasteiger partial charge >= 0.3 is 0 Å². The molecular formula is C19H22N2O2. The molecule has 4 heteroatoms. The first kappa shape index (κ1) is 16.7. The lowest BCUT2D eigenvalue weighted by atomic mass is 10.1. The molecule has 0 radical (unpaired) electrons. The number of carbonyl (C=O) groups excluding carboxylic acids is 2. The van der Waals surface area contributed by atoms with Gasteiger partial charge in [0.15, 0.2) is 5.78 Å². The van der Waals surface area contributed by atoms with Gasteiger partial charge in [0.1, 0.15) is 0 Å². The van der Waals surface area contributed by atoms with Gasteiger partial charge in [-0.1, -0.05) is 24.3 Å². The van der Waals surface area contributed by atoms with Crippen molar-refractivity contribution in [2.24, 2.45) is 0 Å². The molecule has 0 fully saturated rings. The van der Waals surface area contributed by atoms with Crippen molar-refractivity contribution in [1.29, 1.82) is 0 Å². The predicted molar refractivity (Wildman–Crippen MR) is 94.2 cm³/mol. The second-order valence-corrected chi connectivity index (χ2v) is 5.71. The van der Waals surface area contributed by atoms with Crippen LogP contribution in [0, 0.1) is 0 Å². The maximum absolute atomic E-state index is 12.1. The molecule has 23 heavy (non-hydrogen) atoms. The first-order chi connectivity index (χ1) is 11.0. The minimum Gasteiger partial charge on any atom is -0.378 e. The number of hydrogen-bond acceptors (Lipinski definition) is 3. The molecule has 0 heterocycles. The lowest BCUT2D eigenvalue weighted by Crippen LogP contribution is -2.14. The maximum Gasteiger partial charge on any atom is 0.224 e. The highest BCUT2D eigenvalue weighted by molar-refractivity contribution is 6.03. The van der Waals surface area contributed by atoms with E-state index >= 15 is 0 Å². The fourth-order valence-corrected chi connectivity index (χ4v) is 2.33. The van der Waals surface area contributed by atoms with E-state index in [4.69, 9.17) is 0 Å². The van der Waals surface area contributed by atoms with Crippen LogP contribution in [0.4, 0.5) is 11.4 Å². The van der Waals surface area contributed by atoms with Gasteiger partial charge in [0, 0.05) is 31.8 Å². The van der Waals surface area contributed by atoms with Crippen LogP contribution in [0.25, 0.3) is 0 Å². The molecule has 0 aliphatic carbocycles. The van der Waals surface area contributed by atoms with Crippen LogP contribution in [0.15, 0.2) is 48.5 Å². The summed E-state index contributed by atoms with van der Waals surface area (Å²) in [7, 11) is 3.99. The summed E-state index contributed by atoms with van der Waals surface area (Å²) in [4.78, 5) is 25.7. The van der Waals surface area contributed by atoms with Gasteiger partial charge in [-0.15, -0.1) is 0 Å². The Bertz CT molecular complexity index is 691. The molecule has 2 rings (SSSR count). The zero-order chi connectivity index (χ0) is 16.8. The number of ketones is 1. The van der Waals surface area contributed by atoms with Gasteiger partial charge in [0.2, 0.25) is 5.91 Å². The molecule has 1 amide bonds. The lowest BCUT2D eigenvalue weighted by Gasteiger charge is -2.13. The van der Waals surface area contributed by atoms with E-state index in [0.29, 0.717) is 24.1 Å². The highest BCUT2D eigenvalue weighted by Gasteiger charge is 2.09. The molecule has 0 aliphatic heterocycles. The Morgan fingerprint density at radius 1 is 1.00 bits per heavy atom. The Morgan fingerprint density at radius 2 is 1.65 bits per heavy atom. The smallest absolute Gasteiger partial charge is 0.224 e. The Balaban J connectivity index is 1.94. The van der Waals surface area contributed by atoms with Crippen LogP contribution in [0.3, 0.4) is 0 Å². The molecule has 0 aromatic heterocycles. The molecular weight excluding hydrogens is 288 g/mol. The van der Waals surface area contributed by atoms with E-state index in [1.165, 1.54) is 6.92 Å². The first-order valence-corrected chi connectivity index (χ1v) is 7.63. The van der Waals surface area contributed by atoms with E-state index in [0.717, 1.165) is 11.3 Å². The molecule has 120 valence electrons. The third kappa shape index (κ3) is 4.68. The number of anilines is 2. The SMILES string of the molecule is CC(=O)c1ccccc1NC(=O)CCc1ccc(N(C)C)cc1. The van der Waals surface area contributed by atoms with Crippen LogP contribution in [0.2, 0.25) is 0 Å². The minimum atomic E-state index is -0.0876. The molecule has 0 saturated carbocycles. The number of Topliss-reactive ketones (excluding diaryl/α,β-unsaturated/α-hetero) is 1. The van der Waals surface area contributed by atoms with Crippen LogP contribution in [0.5, 0.6) is 0 Å². The van der Waals surface area contributed by atoms with E-state index in [1.807, 2.05) is 49.3 Å². The molecule has 0 saturated heterocycles. The molecule has 0 aliphatic rings. The van der Waals surface area contributed by atoms with Gasteiger partial charge in [-0.25, -0.2) is 0 Å². The topological polar surface area (TPSA) is 49.4 Å². The van der Waals surface area contributed by atoms with Crippen molar-refractivity contribution in [2.45, 2.75) is 19.8 Å². The van der Waals surface area contributed by atoms with Crippen molar-refractivity contribution in [3.8, 4) is 0 Å². The molecule has 0 atom stereocenters. The zero-order valence-corrected chi connectivity index (χ0v) is 13.8. The van der Waals surface area contributed by atoms with Crippen LogP contribution < -0.4 is 10.2 Å². The van der Waals surface area contributed by atoms with Crippen LogP contribution >= 0.6 is 0 Å². The van der Waals surface area contributed by atoms with Gasteiger partial charge in [-0.2, -0.15) is 0 Å². The van der Waals surface area contributed by atoms with Gasteiger partial charge < -0.3 is 10.2 Å². The van der Waals surface area contributed by atoms with E-state index in [-0.39, 0.29) is 11.7 Å². The average molecular weight is 310 g/mol. The van der Waals surface area contributed by atoms with Crippen molar-refractivity contribution in [3.05, 3.63) is 59.7 Å². The number of para-hydroxylation sites is 1. The van der Waals surface area contributed by atoms with Gasteiger partial charge in [-0.05, 0) is 43.2 Å². The summed E-state index contributed by atoms with van der Waals surface area (Å²) >= 11 is 0. The Hall–Kier alpha value is -2.62. The highest BCUT2D eigenvalue weighted by Crippen LogP contribution is 2.17. The summed E-state index contributed by atoms with van der Waals surface area (Å²) in [5, 5.41) is 2.82. The number of rotatable bonds is 6. The molecule has 0 spiro atoms. The molecule has 0 unspecified atom stereocenters. The highest BCUT2D eigenvalue weighted by atomic mass is 16.1. The fraction of sp³-hybridized carbons (Fsp3) is 0.263. The molecule has 4 nitrogen and oxygen atoms in total. The van der Waals surface area contributed by atoms with Crippen molar-refractivity contribution in [2.75, 3.05) is 24.3 Å². The summed E-state index contributed by atoms with van der Waals surface area (Å²) in [5.74, 6) is -0.143. The minimum absolute atomic E-state index is 0.0554. The fourth-order valence-electron chi connectivity index (χ4n) is 2.33. The first-order valence-electron chi connectivity index (χ1n) is 7.63. The molecule has 1 N–H and O–H groups in total. The summed E-state index contributed by atoms with van der Waals surface area (Å²) in [6.07, 6.45) is 1.05. The second-order valence-electron chi connectivity index (χ2n) is 5.71. The number of benzene rings is 2. The van der Waals surface area contributed by atoms with Crippen LogP contribution in [-0.2, 0) is 11.2 Å². The van der Waals surface area contributed by atoms with E-state index in [1.54, 1.807) is 18.2 Å². The summed E-state index contributed by atoms with van der Waals surface area (Å²) in [6, 6.07) is 15.2. The van der Waals surface area contributed by atoms with Crippen LogP contribution in [-0.4, -0.2) is 25.8 Å². The monoisotopic (exact) mass is 310 g/mol. The Morgan fingerprint density at radius 3 is 2.26 bits per heavy atom. The largest absolute Gasteiger partial charge is 0.378 e. The Labute approximate surface area is 137 Å². The van der Waals surface area contributed by atoms with Crippen molar-refractivity contribution in [3.63, 3.8) is 0 Å². The van der Waals surface area contributed by atoms with E-state index in [9.17, 15) is 9.59 Å². The zero-order valence-electron chi connectivity index (χ0n) is 13.8. The third-order valence-electron chi connectivity index (χ3n) is 3.67. The molecule has 0 bridgehead atoms. The van der Waals surface area contributed by atoms with Gasteiger partial charge in [0.25, 0.3) is 0 Å². The number of nitrogens with one attached hydrogen (secondary N) is 1. The third-order valence-corrected chi connectivity index (χ3v) is 3.67.